The highest BCUT2D eigenvalue weighted by Gasteiger charge is 2.20. The third-order valence-corrected chi connectivity index (χ3v) is 3.69. The lowest BCUT2D eigenvalue weighted by atomic mass is 10.1. The van der Waals surface area contributed by atoms with Gasteiger partial charge in [-0.25, -0.2) is 0 Å². The summed E-state index contributed by atoms with van der Waals surface area (Å²) in [4.78, 5) is 13.9. The van der Waals surface area contributed by atoms with Gasteiger partial charge in [0, 0.05) is 19.1 Å². The van der Waals surface area contributed by atoms with E-state index in [2.05, 4.69) is 29.1 Å². The summed E-state index contributed by atoms with van der Waals surface area (Å²) < 4.78 is 0. The van der Waals surface area contributed by atoms with Crippen LogP contribution in [0, 0.1) is 0 Å². The summed E-state index contributed by atoms with van der Waals surface area (Å²) in [6.07, 6.45) is 0. The van der Waals surface area contributed by atoms with E-state index >= 15 is 0 Å². The van der Waals surface area contributed by atoms with Crippen molar-refractivity contribution in [3.63, 3.8) is 0 Å². The first kappa shape index (κ1) is 14.2. The van der Waals surface area contributed by atoms with Gasteiger partial charge in [0.05, 0.1) is 6.04 Å². The fourth-order valence-electron chi connectivity index (χ4n) is 1.87. The Bertz CT molecular complexity index is 333. The second-order valence-corrected chi connectivity index (χ2v) is 4.96. The number of carbonyl (C=O) groups is 1. The minimum atomic E-state index is -0.134. The lowest BCUT2D eigenvalue weighted by molar-refractivity contribution is -0.132. The summed E-state index contributed by atoms with van der Waals surface area (Å²) in [5.41, 5.74) is 1.24. The van der Waals surface area contributed by atoms with E-state index in [1.807, 2.05) is 25.7 Å². The van der Waals surface area contributed by atoms with Gasteiger partial charge in [-0.2, -0.15) is 11.3 Å². The molecule has 1 aromatic rings. The van der Waals surface area contributed by atoms with Crippen molar-refractivity contribution in [2.45, 2.75) is 39.8 Å². The molecule has 0 bridgehead atoms. The maximum atomic E-state index is 12.1. The van der Waals surface area contributed by atoms with Crippen molar-refractivity contribution in [1.82, 2.24) is 10.2 Å². The number of carbonyl (C=O) groups excluding carboxylic acids is 1. The number of nitrogens with one attached hydrogen (secondary N) is 1. The Kier molecular flexibility index (Phi) is 5.65. The Hall–Kier alpha value is -0.870. The fourth-order valence-corrected chi connectivity index (χ4v) is 2.63. The maximum Gasteiger partial charge on any atom is 0.239 e. The predicted octanol–water partition coefficient (Wildman–Crippen LogP) is 2.66. The van der Waals surface area contributed by atoms with Gasteiger partial charge in [-0.15, -0.1) is 0 Å². The molecule has 96 valence electrons. The lowest BCUT2D eigenvalue weighted by Gasteiger charge is -2.25. The summed E-state index contributed by atoms with van der Waals surface area (Å²) >= 11 is 1.68. The largest absolute Gasteiger partial charge is 0.342 e. The first-order valence-corrected chi connectivity index (χ1v) is 7.11. The molecule has 0 saturated heterocycles. The van der Waals surface area contributed by atoms with Crippen LogP contribution >= 0.6 is 11.3 Å². The zero-order valence-electron chi connectivity index (χ0n) is 11.1. The Labute approximate surface area is 108 Å². The van der Waals surface area contributed by atoms with Gasteiger partial charge < -0.3 is 4.90 Å². The van der Waals surface area contributed by atoms with Gasteiger partial charge in [0.15, 0.2) is 0 Å². The van der Waals surface area contributed by atoms with Gasteiger partial charge in [-0.05, 0) is 50.1 Å². The fraction of sp³-hybridized carbons (Fsp3) is 0.615. The number of likely N-dealkylation sites (N-methyl/N-ethyl adjacent to an activating group) is 1. The molecule has 0 aliphatic rings. The molecule has 0 fully saturated rings. The quantitative estimate of drug-likeness (QED) is 0.846. The van der Waals surface area contributed by atoms with E-state index in [0.29, 0.717) is 0 Å². The zero-order valence-corrected chi connectivity index (χ0v) is 11.9. The summed E-state index contributed by atoms with van der Waals surface area (Å²) in [6.45, 7) is 9.59. The molecule has 0 aliphatic carbocycles. The van der Waals surface area contributed by atoms with Gasteiger partial charge in [-0.3, -0.25) is 10.1 Å². The molecule has 2 atom stereocenters. The number of rotatable bonds is 6. The Morgan fingerprint density at radius 2 is 2.06 bits per heavy atom. The molecule has 1 heterocycles. The average Bonchev–Trinajstić information content (AvgIpc) is 2.83. The lowest BCUT2D eigenvalue weighted by Crippen LogP contribution is -2.45. The molecule has 0 radical (unpaired) electrons. The monoisotopic (exact) mass is 254 g/mol. The molecule has 1 N–H and O–H groups in total. The molecule has 1 aromatic heterocycles. The van der Waals surface area contributed by atoms with E-state index in [1.165, 1.54) is 5.56 Å². The first-order valence-electron chi connectivity index (χ1n) is 6.17. The average molecular weight is 254 g/mol. The molecule has 17 heavy (non-hydrogen) atoms. The van der Waals surface area contributed by atoms with Gasteiger partial charge in [-0.1, -0.05) is 0 Å². The van der Waals surface area contributed by atoms with Gasteiger partial charge >= 0.3 is 0 Å². The highest BCUT2D eigenvalue weighted by molar-refractivity contribution is 7.07. The molecule has 2 unspecified atom stereocenters. The number of hydrogen-bond acceptors (Lipinski definition) is 3. The standard InChI is InChI=1S/C13H22N2OS/c1-5-15(6-2)13(16)11(4)14-10(3)12-7-8-17-9-12/h7-11,14H,5-6H2,1-4H3. The number of thiophene rings is 1. The number of hydrogen-bond donors (Lipinski definition) is 1. The SMILES string of the molecule is CCN(CC)C(=O)C(C)NC(C)c1ccsc1. The van der Waals surface area contributed by atoms with Crippen LogP contribution in [0.3, 0.4) is 0 Å². The Balaban J connectivity index is 2.54. The summed E-state index contributed by atoms with van der Waals surface area (Å²) in [5.74, 6) is 0.178. The minimum Gasteiger partial charge on any atom is -0.342 e. The maximum absolute atomic E-state index is 12.1. The van der Waals surface area contributed by atoms with Crippen molar-refractivity contribution in [1.29, 1.82) is 0 Å². The van der Waals surface area contributed by atoms with Crippen molar-refractivity contribution in [3.05, 3.63) is 22.4 Å². The third-order valence-electron chi connectivity index (χ3n) is 2.99. The van der Waals surface area contributed by atoms with Crippen molar-refractivity contribution in [2.75, 3.05) is 13.1 Å². The normalized spacial score (nSPS) is 14.4. The molecular formula is C13H22N2OS. The predicted molar refractivity (Wildman–Crippen MR) is 73.3 cm³/mol. The minimum absolute atomic E-state index is 0.134. The van der Waals surface area contributed by atoms with E-state index in [1.54, 1.807) is 11.3 Å². The van der Waals surface area contributed by atoms with Crippen molar-refractivity contribution in [3.8, 4) is 0 Å². The number of amides is 1. The summed E-state index contributed by atoms with van der Waals surface area (Å²) in [5, 5.41) is 7.52. The molecule has 0 aromatic carbocycles. The molecule has 0 spiro atoms. The molecule has 3 nitrogen and oxygen atoms in total. The summed E-state index contributed by atoms with van der Waals surface area (Å²) in [6, 6.07) is 2.18. The van der Waals surface area contributed by atoms with Crippen LogP contribution in [-0.2, 0) is 4.79 Å². The highest BCUT2D eigenvalue weighted by Crippen LogP contribution is 2.16. The van der Waals surface area contributed by atoms with Gasteiger partial charge in [0.25, 0.3) is 0 Å². The van der Waals surface area contributed by atoms with Crippen LogP contribution in [0.4, 0.5) is 0 Å². The van der Waals surface area contributed by atoms with Crippen LogP contribution in [0.25, 0.3) is 0 Å². The van der Waals surface area contributed by atoms with Crippen LogP contribution in [0.1, 0.15) is 39.3 Å². The van der Waals surface area contributed by atoms with Crippen LogP contribution in [-0.4, -0.2) is 29.9 Å². The van der Waals surface area contributed by atoms with E-state index in [0.717, 1.165) is 13.1 Å². The molecule has 0 aliphatic heterocycles. The van der Waals surface area contributed by atoms with Gasteiger partial charge in [0.1, 0.15) is 0 Å². The molecule has 0 saturated carbocycles. The Morgan fingerprint density at radius 3 is 2.53 bits per heavy atom. The Morgan fingerprint density at radius 1 is 1.41 bits per heavy atom. The van der Waals surface area contributed by atoms with Crippen molar-refractivity contribution >= 4 is 17.2 Å². The number of nitrogens with zero attached hydrogens (tertiary/aromatic N) is 1. The van der Waals surface area contributed by atoms with E-state index in [9.17, 15) is 4.79 Å². The van der Waals surface area contributed by atoms with E-state index in [-0.39, 0.29) is 18.0 Å². The third kappa shape index (κ3) is 3.82. The van der Waals surface area contributed by atoms with Crippen LogP contribution in [0.5, 0.6) is 0 Å². The van der Waals surface area contributed by atoms with Crippen molar-refractivity contribution < 1.29 is 4.79 Å². The summed E-state index contributed by atoms with van der Waals surface area (Å²) in [7, 11) is 0. The van der Waals surface area contributed by atoms with E-state index in [4.69, 9.17) is 0 Å². The second kappa shape index (κ2) is 6.77. The molecule has 4 heteroatoms. The van der Waals surface area contributed by atoms with Crippen molar-refractivity contribution in [2.24, 2.45) is 0 Å². The molecular weight excluding hydrogens is 232 g/mol. The van der Waals surface area contributed by atoms with E-state index < -0.39 is 0 Å². The second-order valence-electron chi connectivity index (χ2n) is 4.18. The zero-order chi connectivity index (χ0) is 12.8. The molecule has 1 amide bonds. The van der Waals surface area contributed by atoms with Crippen LogP contribution in [0.15, 0.2) is 16.8 Å². The van der Waals surface area contributed by atoms with Gasteiger partial charge in [0.2, 0.25) is 5.91 Å². The van der Waals surface area contributed by atoms with Crippen LogP contribution < -0.4 is 5.32 Å². The van der Waals surface area contributed by atoms with Crippen LogP contribution in [0.2, 0.25) is 0 Å². The smallest absolute Gasteiger partial charge is 0.239 e. The highest BCUT2D eigenvalue weighted by atomic mass is 32.1. The first-order chi connectivity index (χ1) is 8.10. The topological polar surface area (TPSA) is 32.3 Å². The molecule has 1 rings (SSSR count).